The predicted octanol–water partition coefficient (Wildman–Crippen LogP) is 1.87. The Hall–Kier alpha value is -1.50. The first-order valence-electron chi connectivity index (χ1n) is 5.24. The molecule has 1 amide bonds. The van der Waals surface area contributed by atoms with Crippen LogP contribution in [0, 0.1) is 0 Å². The Morgan fingerprint density at radius 3 is 2.24 bits per heavy atom. The molecule has 1 aliphatic rings. The highest BCUT2D eigenvalue weighted by molar-refractivity contribution is 5.67. The molecule has 1 saturated heterocycles. The number of carbonyl (C=O) groups excluding carboxylic acids is 1. The van der Waals surface area contributed by atoms with Crippen molar-refractivity contribution in [1.82, 2.24) is 5.32 Å². The lowest BCUT2D eigenvalue weighted by Gasteiger charge is -2.21. The fraction of sp³-hybridized carbons (Fsp3) is 0.800. The number of hydrogen-bond acceptors (Lipinski definition) is 4. The predicted molar refractivity (Wildman–Crippen MR) is 59.0 cm³/mol. The lowest BCUT2D eigenvalue weighted by atomic mass is 10.2. The molecule has 1 fully saturated rings. The first kappa shape index (κ1) is 15.5. The fourth-order valence-electron chi connectivity index (χ4n) is 1.13. The maximum atomic E-state index is 11.2. The van der Waals surface area contributed by atoms with Crippen LogP contribution in [0.1, 0.15) is 33.6 Å². The Kier molecular flexibility index (Phi) is 6.34. The van der Waals surface area contributed by atoms with Crippen molar-refractivity contribution in [3.63, 3.8) is 0 Å². The van der Waals surface area contributed by atoms with Crippen LogP contribution in [0.25, 0.3) is 0 Å². The smallest absolute Gasteiger partial charge is 0.450 e. The van der Waals surface area contributed by atoms with Gasteiger partial charge in [-0.05, 0) is 33.6 Å². The third-order valence-corrected chi connectivity index (χ3v) is 1.61. The third-order valence-electron chi connectivity index (χ3n) is 1.61. The van der Waals surface area contributed by atoms with Gasteiger partial charge in [0.25, 0.3) is 0 Å². The summed E-state index contributed by atoms with van der Waals surface area (Å²) in [7, 11) is 0. The second-order valence-corrected chi connectivity index (χ2v) is 4.43. The Bertz CT molecular complexity index is 250. The summed E-state index contributed by atoms with van der Waals surface area (Å²) in [6.45, 7) is 6.23. The molecule has 0 bridgehead atoms. The molecule has 0 unspecified atom stereocenters. The van der Waals surface area contributed by atoms with Crippen LogP contribution in [0.2, 0.25) is 0 Å². The highest BCUT2D eigenvalue weighted by Gasteiger charge is 2.21. The normalized spacial score (nSPS) is 18.9. The van der Waals surface area contributed by atoms with Crippen molar-refractivity contribution in [3.05, 3.63) is 0 Å². The summed E-state index contributed by atoms with van der Waals surface area (Å²) in [5, 5.41) is 16.6. The Labute approximate surface area is 99.7 Å². The van der Waals surface area contributed by atoms with Crippen molar-refractivity contribution in [3.8, 4) is 0 Å². The molecule has 100 valence electrons. The molecule has 1 atom stereocenters. The molecule has 17 heavy (non-hydrogen) atoms. The monoisotopic (exact) mass is 249 g/mol. The summed E-state index contributed by atoms with van der Waals surface area (Å²) in [5.74, 6) is 0. The standard InChI is InChI=1S/C9H17NO3.CH2O3/c1-9(2,3)13-8(11)10-7-5-4-6-12-7;2-1(3)4/h7H,4-6H2,1-3H3,(H,10,11);(H2,2,3,4)/t7-;/m0./s1. The van der Waals surface area contributed by atoms with Crippen LogP contribution in [0.3, 0.4) is 0 Å². The largest absolute Gasteiger partial charge is 0.503 e. The summed E-state index contributed by atoms with van der Waals surface area (Å²) in [4.78, 5) is 19.8. The van der Waals surface area contributed by atoms with Gasteiger partial charge in [-0.2, -0.15) is 0 Å². The van der Waals surface area contributed by atoms with Gasteiger partial charge in [0.05, 0.1) is 0 Å². The second-order valence-electron chi connectivity index (χ2n) is 4.43. The van der Waals surface area contributed by atoms with Gasteiger partial charge < -0.3 is 19.7 Å². The topological polar surface area (TPSA) is 105 Å². The molecule has 7 nitrogen and oxygen atoms in total. The quantitative estimate of drug-likeness (QED) is 0.655. The summed E-state index contributed by atoms with van der Waals surface area (Å²) in [6.07, 6.45) is -0.520. The van der Waals surface area contributed by atoms with Gasteiger partial charge in [-0.15, -0.1) is 0 Å². The molecule has 0 saturated carbocycles. The van der Waals surface area contributed by atoms with E-state index in [4.69, 9.17) is 24.5 Å². The van der Waals surface area contributed by atoms with E-state index in [0.29, 0.717) is 0 Å². The lowest BCUT2D eigenvalue weighted by Crippen LogP contribution is -2.38. The van der Waals surface area contributed by atoms with E-state index < -0.39 is 17.8 Å². The summed E-state index contributed by atoms with van der Waals surface area (Å²) in [5.41, 5.74) is -0.442. The van der Waals surface area contributed by atoms with Crippen molar-refractivity contribution in [1.29, 1.82) is 0 Å². The zero-order chi connectivity index (χ0) is 13.5. The van der Waals surface area contributed by atoms with E-state index in [1.165, 1.54) is 0 Å². The van der Waals surface area contributed by atoms with Crippen molar-refractivity contribution in [2.75, 3.05) is 6.61 Å². The van der Waals surface area contributed by atoms with E-state index in [1.807, 2.05) is 20.8 Å². The third kappa shape index (κ3) is 10.8. The van der Waals surface area contributed by atoms with E-state index >= 15 is 0 Å². The molecule has 0 radical (unpaired) electrons. The lowest BCUT2D eigenvalue weighted by molar-refractivity contribution is 0.0280. The first-order chi connectivity index (χ1) is 7.70. The minimum Gasteiger partial charge on any atom is -0.450 e. The van der Waals surface area contributed by atoms with E-state index in [0.717, 1.165) is 19.4 Å². The molecule has 1 rings (SSSR count). The zero-order valence-electron chi connectivity index (χ0n) is 10.2. The van der Waals surface area contributed by atoms with Gasteiger partial charge in [0, 0.05) is 6.61 Å². The van der Waals surface area contributed by atoms with Crippen molar-refractivity contribution >= 4 is 12.2 Å². The SMILES string of the molecule is CC(C)(C)OC(=O)N[C@@H]1CCCO1.O=C(O)O. The minimum absolute atomic E-state index is 0.158. The maximum Gasteiger partial charge on any atom is 0.503 e. The average molecular weight is 249 g/mol. The Morgan fingerprint density at radius 2 is 1.88 bits per heavy atom. The van der Waals surface area contributed by atoms with E-state index in [-0.39, 0.29) is 6.23 Å². The van der Waals surface area contributed by atoms with E-state index in [9.17, 15) is 4.79 Å². The Balaban J connectivity index is 0.000000557. The van der Waals surface area contributed by atoms with E-state index in [1.54, 1.807) is 0 Å². The number of hydrogen-bond donors (Lipinski definition) is 3. The molecule has 0 aliphatic carbocycles. The number of rotatable bonds is 1. The summed E-state index contributed by atoms with van der Waals surface area (Å²) >= 11 is 0. The minimum atomic E-state index is -1.83. The van der Waals surface area contributed by atoms with Crippen LogP contribution >= 0.6 is 0 Å². The second kappa shape index (κ2) is 6.95. The van der Waals surface area contributed by atoms with Gasteiger partial charge in [0.15, 0.2) is 0 Å². The van der Waals surface area contributed by atoms with Crippen LogP contribution in [-0.2, 0) is 9.47 Å². The molecular weight excluding hydrogens is 230 g/mol. The summed E-state index contributed by atoms with van der Waals surface area (Å²) in [6, 6.07) is 0. The van der Waals surface area contributed by atoms with Gasteiger partial charge in [-0.25, -0.2) is 9.59 Å². The first-order valence-corrected chi connectivity index (χ1v) is 5.24. The highest BCUT2D eigenvalue weighted by atomic mass is 16.6. The molecule has 0 aromatic heterocycles. The number of carboxylic acid groups (broad SMARTS) is 2. The van der Waals surface area contributed by atoms with Crippen molar-refractivity contribution in [2.24, 2.45) is 0 Å². The maximum absolute atomic E-state index is 11.2. The van der Waals surface area contributed by atoms with Crippen molar-refractivity contribution < 1.29 is 29.3 Å². The number of amides is 1. The molecular formula is C10H19NO6. The van der Waals surface area contributed by atoms with Crippen LogP contribution in [0.15, 0.2) is 0 Å². The van der Waals surface area contributed by atoms with Gasteiger partial charge in [-0.3, -0.25) is 5.32 Å². The van der Waals surface area contributed by atoms with Crippen LogP contribution in [0.4, 0.5) is 9.59 Å². The molecule has 0 aromatic carbocycles. The van der Waals surface area contributed by atoms with Crippen LogP contribution in [0.5, 0.6) is 0 Å². The molecule has 7 heteroatoms. The molecule has 1 aliphatic heterocycles. The van der Waals surface area contributed by atoms with Gasteiger partial charge >= 0.3 is 12.2 Å². The van der Waals surface area contributed by atoms with Gasteiger partial charge in [0.2, 0.25) is 0 Å². The molecule has 0 spiro atoms. The molecule has 3 N–H and O–H groups in total. The van der Waals surface area contributed by atoms with Gasteiger partial charge in [0.1, 0.15) is 11.8 Å². The average Bonchev–Trinajstić information content (AvgIpc) is 2.50. The zero-order valence-corrected chi connectivity index (χ0v) is 10.2. The van der Waals surface area contributed by atoms with Crippen molar-refractivity contribution in [2.45, 2.75) is 45.4 Å². The van der Waals surface area contributed by atoms with Crippen LogP contribution < -0.4 is 5.32 Å². The number of alkyl carbamates (subject to hydrolysis) is 1. The highest BCUT2D eigenvalue weighted by Crippen LogP contribution is 2.11. The summed E-state index contributed by atoms with van der Waals surface area (Å²) < 4.78 is 10.3. The van der Waals surface area contributed by atoms with Crippen LogP contribution in [-0.4, -0.2) is 40.9 Å². The number of nitrogens with one attached hydrogen (secondary N) is 1. The Morgan fingerprint density at radius 1 is 1.35 bits per heavy atom. The molecule has 0 aromatic rings. The molecule has 1 heterocycles. The number of ether oxygens (including phenoxy) is 2. The van der Waals surface area contributed by atoms with E-state index in [2.05, 4.69) is 5.32 Å². The number of carbonyl (C=O) groups is 2. The van der Waals surface area contributed by atoms with Gasteiger partial charge in [-0.1, -0.05) is 0 Å². The fourth-order valence-corrected chi connectivity index (χ4v) is 1.13.